The number of carbonyl (C=O) groups excluding carboxylic acids is 2. The molecular weight excluding hydrogens is 166 g/mol. The van der Waals surface area contributed by atoms with Gasteiger partial charge in [-0.15, -0.1) is 0 Å². The van der Waals surface area contributed by atoms with Crippen LogP contribution in [0, 0.1) is 5.92 Å². The lowest BCUT2D eigenvalue weighted by Crippen LogP contribution is -2.26. The molecule has 0 saturated heterocycles. The van der Waals surface area contributed by atoms with Crippen LogP contribution in [0.1, 0.15) is 20.3 Å². The molecule has 0 aliphatic carbocycles. The Hall–Kier alpha value is -1.12. The number of carbonyl (C=O) groups is 2. The van der Waals surface area contributed by atoms with Gasteiger partial charge in [0.1, 0.15) is 6.29 Å². The van der Waals surface area contributed by atoms with Crippen molar-refractivity contribution in [3.8, 4) is 0 Å². The first-order valence-corrected chi connectivity index (χ1v) is 4.45. The summed E-state index contributed by atoms with van der Waals surface area (Å²) in [5.41, 5.74) is 0. The van der Waals surface area contributed by atoms with Gasteiger partial charge in [-0.3, -0.25) is 9.59 Å². The smallest absolute Gasteiger partial charge is 0.246 e. The second-order valence-corrected chi connectivity index (χ2v) is 3.44. The first-order valence-electron chi connectivity index (χ1n) is 4.45. The molecule has 0 fully saturated rings. The minimum Gasteiger partial charge on any atom is -0.342 e. The molecule has 0 atom stereocenters. The molecule has 0 spiro atoms. The van der Waals surface area contributed by atoms with E-state index in [4.69, 9.17) is 0 Å². The molecule has 13 heavy (non-hydrogen) atoms. The van der Waals surface area contributed by atoms with E-state index in [2.05, 4.69) is 13.8 Å². The fraction of sp³-hybridized carbons (Fsp3) is 0.600. The number of rotatable bonds is 5. The molecule has 0 aromatic heterocycles. The van der Waals surface area contributed by atoms with Crippen molar-refractivity contribution in [2.45, 2.75) is 20.3 Å². The number of hydrogen-bond donors (Lipinski definition) is 0. The average molecular weight is 183 g/mol. The molecule has 1 amide bonds. The Kier molecular flexibility index (Phi) is 5.85. The molecule has 0 rings (SSSR count). The fourth-order valence-electron chi connectivity index (χ4n) is 0.811. The molecule has 0 aromatic rings. The van der Waals surface area contributed by atoms with Crippen molar-refractivity contribution in [2.75, 3.05) is 13.6 Å². The van der Waals surface area contributed by atoms with Gasteiger partial charge in [0.25, 0.3) is 0 Å². The zero-order chi connectivity index (χ0) is 10.3. The molecule has 0 radical (unpaired) electrons. The van der Waals surface area contributed by atoms with E-state index in [-0.39, 0.29) is 5.91 Å². The summed E-state index contributed by atoms with van der Waals surface area (Å²) in [7, 11) is 1.74. The van der Waals surface area contributed by atoms with Crippen molar-refractivity contribution in [2.24, 2.45) is 5.92 Å². The highest BCUT2D eigenvalue weighted by Crippen LogP contribution is 2.00. The lowest BCUT2D eigenvalue weighted by molar-refractivity contribution is -0.125. The Morgan fingerprint density at radius 1 is 1.46 bits per heavy atom. The van der Waals surface area contributed by atoms with Gasteiger partial charge in [-0.25, -0.2) is 0 Å². The number of hydrogen-bond acceptors (Lipinski definition) is 2. The molecule has 74 valence electrons. The Balaban J connectivity index is 3.82. The van der Waals surface area contributed by atoms with Crippen LogP contribution >= 0.6 is 0 Å². The highest BCUT2D eigenvalue weighted by Gasteiger charge is 2.04. The summed E-state index contributed by atoms with van der Waals surface area (Å²) in [5.74, 6) is 0.470. The summed E-state index contributed by atoms with van der Waals surface area (Å²) < 4.78 is 0. The third-order valence-corrected chi connectivity index (χ3v) is 1.74. The van der Waals surface area contributed by atoms with Crippen LogP contribution < -0.4 is 0 Å². The van der Waals surface area contributed by atoms with Crippen LogP contribution in [0.25, 0.3) is 0 Å². The molecule has 3 heteroatoms. The topological polar surface area (TPSA) is 37.4 Å². The maximum absolute atomic E-state index is 11.2. The van der Waals surface area contributed by atoms with Gasteiger partial charge in [-0.1, -0.05) is 13.8 Å². The van der Waals surface area contributed by atoms with Gasteiger partial charge in [0.05, 0.1) is 0 Å². The third-order valence-electron chi connectivity index (χ3n) is 1.74. The summed E-state index contributed by atoms with van der Waals surface area (Å²) in [5, 5.41) is 0. The largest absolute Gasteiger partial charge is 0.342 e. The van der Waals surface area contributed by atoms with Crippen molar-refractivity contribution in [1.29, 1.82) is 0 Å². The number of amides is 1. The van der Waals surface area contributed by atoms with Crippen molar-refractivity contribution in [3.05, 3.63) is 12.2 Å². The normalized spacial score (nSPS) is 10.8. The molecule has 0 N–H and O–H groups in total. The molecule has 0 saturated carbocycles. The quantitative estimate of drug-likeness (QED) is 0.475. The Bertz CT molecular complexity index is 197. The second-order valence-electron chi connectivity index (χ2n) is 3.44. The van der Waals surface area contributed by atoms with Crippen molar-refractivity contribution in [1.82, 2.24) is 4.90 Å². The van der Waals surface area contributed by atoms with Crippen molar-refractivity contribution in [3.63, 3.8) is 0 Å². The first kappa shape index (κ1) is 11.9. The zero-order valence-corrected chi connectivity index (χ0v) is 8.49. The van der Waals surface area contributed by atoms with Gasteiger partial charge in [0.15, 0.2) is 0 Å². The number of nitrogens with zero attached hydrogens (tertiary/aromatic N) is 1. The van der Waals surface area contributed by atoms with Gasteiger partial charge in [0.2, 0.25) is 5.91 Å². The van der Waals surface area contributed by atoms with Crippen LogP contribution in [0.3, 0.4) is 0 Å². The molecule has 0 unspecified atom stereocenters. The predicted molar refractivity (Wildman–Crippen MR) is 52.3 cm³/mol. The minimum absolute atomic E-state index is 0.118. The minimum atomic E-state index is -0.118. The summed E-state index contributed by atoms with van der Waals surface area (Å²) in [6.07, 6.45) is 4.09. The van der Waals surface area contributed by atoms with Crippen LogP contribution in [-0.2, 0) is 9.59 Å². The molecule has 0 bridgehead atoms. The SMILES string of the molecule is CC(C)CCN(C)C(=O)/C=C\C=O. The maximum Gasteiger partial charge on any atom is 0.246 e. The Labute approximate surface area is 79.4 Å². The average Bonchev–Trinajstić information content (AvgIpc) is 2.10. The lowest BCUT2D eigenvalue weighted by atomic mass is 10.1. The van der Waals surface area contributed by atoms with Crippen LogP contribution in [0.2, 0.25) is 0 Å². The van der Waals surface area contributed by atoms with Gasteiger partial charge >= 0.3 is 0 Å². The second kappa shape index (κ2) is 6.40. The number of likely N-dealkylation sites (N-methyl/N-ethyl adjacent to an activating group) is 1. The van der Waals surface area contributed by atoms with Crippen LogP contribution in [-0.4, -0.2) is 30.7 Å². The fourth-order valence-corrected chi connectivity index (χ4v) is 0.811. The van der Waals surface area contributed by atoms with Crippen molar-refractivity contribution < 1.29 is 9.59 Å². The van der Waals surface area contributed by atoms with E-state index in [1.54, 1.807) is 11.9 Å². The molecule has 3 nitrogen and oxygen atoms in total. The molecule has 0 aliphatic heterocycles. The number of aldehydes is 1. The van der Waals surface area contributed by atoms with E-state index in [1.807, 2.05) is 0 Å². The van der Waals surface area contributed by atoms with Gasteiger partial charge in [-0.2, -0.15) is 0 Å². The van der Waals surface area contributed by atoms with Crippen LogP contribution in [0.15, 0.2) is 12.2 Å². The third kappa shape index (κ3) is 6.08. The van der Waals surface area contributed by atoms with Gasteiger partial charge in [0, 0.05) is 19.7 Å². The van der Waals surface area contributed by atoms with E-state index in [0.29, 0.717) is 12.2 Å². The van der Waals surface area contributed by atoms with Gasteiger partial charge in [-0.05, 0) is 18.4 Å². The first-order chi connectivity index (χ1) is 6.07. The maximum atomic E-state index is 11.2. The predicted octanol–water partition coefficient (Wildman–Crippen LogP) is 1.25. The molecular formula is C10H17NO2. The van der Waals surface area contributed by atoms with E-state index in [0.717, 1.165) is 13.0 Å². The zero-order valence-electron chi connectivity index (χ0n) is 8.49. The summed E-state index contributed by atoms with van der Waals surface area (Å²) in [4.78, 5) is 22.7. The van der Waals surface area contributed by atoms with E-state index in [9.17, 15) is 9.59 Å². The monoisotopic (exact) mass is 183 g/mol. The van der Waals surface area contributed by atoms with Gasteiger partial charge < -0.3 is 4.90 Å². The summed E-state index contributed by atoms with van der Waals surface area (Å²) in [6.45, 7) is 4.96. The Morgan fingerprint density at radius 2 is 2.08 bits per heavy atom. The number of allylic oxidation sites excluding steroid dienone is 1. The van der Waals surface area contributed by atoms with E-state index in [1.165, 1.54) is 12.2 Å². The van der Waals surface area contributed by atoms with Crippen LogP contribution in [0.5, 0.6) is 0 Å². The summed E-state index contributed by atoms with van der Waals surface area (Å²) in [6, 6.07) is 0. The molecule has 0 aromatic carbocycles. The van der Waals surface area contributed by atoms with Crippen LogP contribution in [0.4, 0.5) is 0 Å². The highest BCUT2D eigenvalue weighted by molar-refractivity contribution is 5.90. The van der Waals surface area contributed by atoms with E-state index >= 15 is 0 Å². The molecule has 0 heterocycles. The standard InChI is InChI=1S/C10H17NO2/c1-9(2)6-7-11(3)10(13)5-4-8-12/h4-5,8-9H,6-7H2,1-3H3/b5-4-. The Morgan fingerprint density at radius 3 is 2.54 bits per heavy atom. The summed E-state index contributed by atoms with van der Waals surface area (Å²) >= 11 is 0. The molecule has 0 aliphatic rings. The highest BCUT2D eigenvalue weighted by atomic mass is 16.2. The van der Waals surface area contributed by atoms with E-state index < -0.39 is 0 Å². The van der Waals surface area contributed by atoms with Crippen molar-refractivity contribution >= 4 is 12.2 Å². The lowest BCUT2D eigenvalue weighted by Gasteiger charge is -2.15.